The van der Waals surface area contributed by atoms with Crippen molar-refractivity contribution in [1.29, 1.82) is 0 Å². The fourth-order valence-electron chi connectivity index (χ4n) is 3.35. The van der Waals surface area contributed by atoms with Crippen LogP contribution in [0.15, 0.2) is 12.3 Å². The number of carbonyl (C=O) groups is 1. The second-order valence-corrected chi connectivity index (χ2v) is 5.73. The minimum atomic E-state index is -0.186. The number of amides is 1. The molecule has 2 heterocycles. The van der Waals surface area contributed by atoms with E-state index in [0.29, 0.717) is 11.7 Å². The predicted octanol–water partition coefficient (Wildman–Crippen LogP) is 0.0913. The summed E-state index contributed by atoms with van der Waals surface area (Å²) in [4.78, 5) is 16.6. The number of aliphatic hydroxyl groups is 1. The Morgan fingerprint density at radius 1 is 1.30 bits per heavy atom. The molecule has 3 rings (SSSR count). The van der Waals surface area contributed by atoms with Gasteiger partial charge in [0.1, 0.15) is 5.69 Å². The van der Waals surface area contributed by atoms with Crippen LogP contribution in [0.1, 0.15) is 29.8 Å². The number of carbonyl (C=O) groups excluding carboxylic acids is 1. The molecular weight excluding hydrogens is 256 g/mol. The highest BCUT2D eigenvalue weighted by Gasteiger charge is 2.33. The zero-order chi connectivity index (χ0) is 14.1. The molecule has 1 saturated carbocycles. The third-order valence-corrected chi connectivity index (χ3v) is 4.55. The molecular formula is C14H22N4O2. The van der Waals surface area contributed by atoms with Gasteiger partial charge in [0, 0.05) is 45.5 Å². The Balaban J connectivity index is 1.58. The van der Waals surface area contributed by atoms with Crippen molar-refractivity contribution in [1.82, 2.24) is 19.6 Å². The molecule has 2 atom stereocenters. The molecule has 6 heteroatoms. The Morgan fingerprint density at radius 2 is 2.05 bits per heavy atom. The topological polar surface area (TPSA) is 61.6 Å². The van der Waals surface area contributed by atoms with Gasteiger partial charge in [-0.3, -0.25) is 14.4 Å². The van der Waals surface area contributed by atoms with E-state index in [1.165, 1.54) is 0 Å². The van der Waals surface area contributed by atoms with E-state index in [0.717, 1.165) is 45.4 Å². The molecule has 1 aliphatic heterocycles. The smallest absolute Gasteiger partial charge is 0.272 e. The number of hydrogen-bond acceptors (Lipinski definition) is 4. The Labute approximate surface area is 119 Å². The van der Waals surface area contributed by atoms with Gasteiger partial charge in [-0.15, -0.1) is 0 Å². The van der Waals surface area contributed by atoms with Gasteiger partial charge in [0.25, 0.3) is 5.91 Å². The number of piperazine rings is 1. The molecule has 0 bridgehead atoms. The molecule has 0 radical (unpaired) electrons. The first-order valence-corrected chi connectivity index (χ1v) is 7.36. The molecule has 2 fully saturated rings. The molecule has 1 aliphatic carbocycles. The summed E-state index contributed by atoms with van der Waals surface area (Å²) >= 11 is 0. The first-order chi connectivity index (χ1) is 9.66. The SMILES string of the molecule is Cn1nccc1C(=O)N1CCN([C@@H]2CCC[C@@H]2O)CC1. The largest absolute Gasteiger partial charge is 0.391 e. The monoisotopic (exact) mass is 278 g/mol. The molecule has 0 unspecified atom stereocenters. The zero-order valence-corrected chi connectivity index (χ0v) is 11.9. The van der Waals surface area contributed by atoms with Gasteiger partial charge in [-0.2, -0.15) is 5.10 Å². The van der Waals surface area contributed by atoms with E-state index in [1.807, 2.05) is 4.90 Å². The van der Waals surface area contributed by atoms with Gasteiger partial charge in [0.05, 0.1) is 6.10 Å². The van der Waals surface area contributed by atoms with Crippen molar-refractivity contribution in [3.8, 4) is 0 Å². The second kappa shape index (κ2) is 5.54. The van der Waals surface area contributed by atoms with Crippen molar-refractivity contribution < 1.29 is 9.90 Å². The Bertz CT molecular complexity index is 479. The van der Waals surface area contributed by atoms with Gasteiger partial charge >= 0.3 is 0 Å². The summed E-state index contributed by atoms with van der Waals surface area (Å²) in [5, 5.41) is 14.0. The van der Waals surface area contributed by atoms with Gasteiger partial charge in [-0.1, -0.05) is 0 Å². The standard InChI is InChI=1S/C14H22N4O2/c1-16-12(5-6-15-16)14(20)18-9-7-17(8-10-18)11-3-2-4-13(11)19/h5-6,11,13,19H,2-4,7-10H2,1H3/t11-,13+/m1/s1. The molecule has 0 aromatic carbocycles. The van der Waals surface area contributed by atoms with Gasteiger partial charge in [0.15, 0.2) is 0 Å². The highest BCUT2D eigenvalue weighted by atomic mass is 16.3. The average molecular weight is 278 g/mol. The lowest BCUT2D eigenvalue weighted by molar-refractivity contribution is 0.0311. The van der Waals surface area contributed by atoms with E-state index in [1.54, 1.807) is 24.0 Å². The van der Waals surface area contributed by atoms with Crippen LogP contribution in [0.4, 0.5) is 0 Å². The molecule has 1 aromatic rings. The van der Waals surface area contributed by atoms with Gasteiger partial charge in [-0.25, -0.2) is 0 Å². The van der Waals surface area contributed by atoms with Crippen LogP contribution < -0.4 is 0 Å². The van der Waals surface area contributed by atoms with Gasteiger partial charge in [0.2, 0.25) is 0 Å². The van der Waals surface area contributed by atoms with Crippen molar-refractivity contribution in [2.24, 2.45) is 7.05 Å². The minimum absolute atomic E-state index is 0.0524. The molecule has 1 amide bonds. The molecule has 110 valence electrons. The third kappa shape index (κ3) is 2.45. The predicted molar refractivity (Wildman–Crippen MR) is 74.3 cm³/mol. The lowest BCUT2D eigenvalue weighted by Crippen LogP contribution is -2.53. The van der Waals surface area contributed by atoms with E-state index in [2.05, 4.69) is 10.00 Å². The summed E-state index contributed by atoms with van der Waals surface area (Å²) in [7, 11) is 1.79. The number of hydrogen-bond donors (Lipinski definition) is 1. The lowest BCUT2D eigenvalue weighted by atomic mass is 10.1. The van der Waals surface area contributed by atoms with Crippen molar-refractivity contribution in [3.05, 3.63) is 18.0 Å². The summed E-state index contributed by atoms with van der Waals surface area (Å²) in [6.45, 7) is 3.16. The third-order valence-electron chi connectivity index (χ3n) is 4.55. The molecule has 6 nitrogen and oxygen atoms in total. The van der Waals surface area contributed by atoms with Crippen LogP contribution in [0.3, 0.4) is 0 Å². The number of rotatable bonds is 2. The molecule has 20 heavy (non-hydrogen) atoms. The van der Waals surface area contributed by atoms with Gasteiger partial charge < -0.3 is 10.0 Å². The van der Waals surface area contributed by atoms with Crippen LogP contribution in [-0.4, -0.2) is 68.9 Å². The zero-order valence-electron chi connectivity index (χ0n) is 11.9. The fourth-order valence-corrected chi connectivity index (χ4v) is 3.35. The van der Waals surface area contributed by atoms with Crippen LogP contribution in [-0.2, 0) is 7.05 Å². The van der Waals surface area contributed by atoms with Crippen LogP contribution >= 0.6 is 0 Å². The maximum absolute atomic E-state index is 12.4. The molecule has 1 aromatic heterocycles. The number of aryl methyl sites for hydroxylation is 1. The first-order valence-electron chi connectivity index (χ1n) is 7.36. The van der Waals surface area contributed by atoms with Crippen molar-refractivity contribution in [2.75, 3.05) is 26.2 Å². The highest BCUT2D eigenvalue weighted by molar-refractivity contribution is 5.92. The number of aromatic nitrogens is 2. The average Bonchev–Trinajstić information content (AvgIpc) is 3.07. The lowest BCUT2D eigenvalue weighted by Gasteiger charge is -2.39. The molecule has 2 aliphatic rings. The van der Waals surface area contributed by atoms with Crippen molar-refractivity contribution >= 4 is 5.91 Å². The number of aliphatic hydroxyl groups excluding tert-OH is 1. The second-order valence-electron chi connectivity index (χ2n) is 5.73. The Hall–Kier alpha value is -1.40. The minimum Gasteiger partial charge on any atom is -0.391 e. The van der Waals surface area contributed by atoms with E-state index < -0.39 is 0 Å². The van der Waals surface area contributed by atoms with E-state index in [4.69, 9.17) is 0 Å². The first kappa shape index (κ1) is 13.6. The summed E-state index contributed by atoms with van der Waals surface area (Å²) in [6, 6.07) is 2.05. The van der Waals surface area contributed by atoms with Crippen LogP contribution in [0, 0.1) is 0 Å². The quantitative estimate of drug-likeness (QED) is 0.833. The van der Waals surface area contributed by atoms with E-state index in [9.17, 15) is 9.90 Å². The summed E-state index contributed by atoms with van der Waals surface area (Å²) in [5.41, 5.74) is 0.638. The normalized spacial score (nSPS) is 28.0. The van der Waals surface area contributed by atoms with Gasteiger partial charge in [-0.05, 0) is 25.3 Å². The fraction of sp³-hybridized carbons (Fsp3) is 0.714. The van der Waals surface area contributed by atoms with Crippen molar-refractivity contribution in [3.63, 3.8) is 0 Å². The number of nitrogens with zero attached hydrogens (tertiary/aromatic N) is 4. The highest BCUT2D eigenvalue weighted by Crippen LogP contribution is 2.25. The van der Waals surface area contributed by atoms with E-state index >= 15 is 0 Å². The molecule has 0 spiro atoms. The van der Waals surface area contributed by atoms with E-state index in [-0.39, 0.29) is 12.0 Å². The summed E-state index contributed by atoms with van der Waals surface area (Å²) in [6.07, 6.45) is 4.57. The summed E-state index contributed by atoms with van der Waals surface area (Å²) in [5.74, 6) is 0.0524. The maximum Gasteiger partial charge on any atom is 0.272 e. The molecule has 1 N–H and O–H groups in total. The Kier molecular flexibility index (Phi) is 3.76. The van der Waals surface area contributed by atoms with Crippen LogP contribution in [0.2, 0.25) is 0 Å². The van der Waals surface area contributed by atoms with Crippen molar-refractivity contribution in [2.45, 2.75) is 31.4 Å². The Morgan fingerprint density at radius 3 is 2.60 bits per heavy atom. The maximum atomic E-state index is 12.4. The van der Waals surface area contributed by atoms with Crippen LogP contribution in [0.25, 0.3) is 0 Å². The van der Waals surface area contributed by atoms with Crippen LogP contribution in [0.5, 0.6) is 0 Å². The molecule has 1 saturated heterocycles. The summed E-state index contributed by atoms with van der Waals surface area (Å²) < 4.78 is 1.62.